The summed E-state index contributed by atoms with van der Waals surface area (Å²) in [6, 6.07) is 20.5. The van der Waals surface area contributed by atoms with Gasteiger partial charge in [0.2, 0.25) is 0 Å². The number of carbonyl (C=O) groups is 3. The van der Waals surface area contributed by atoms with Crippen LogP contribution in [0, 0.1) is 0 Å². The van der Waals surface area contributed by atoms with Crippen molar-refractivity contribution in [2.75, 3.05) is 0 Å². The maximum atomic E-state index is 12.8. The lowest BCUT2D eigenvalue weighted by atomic mass is 9.85. The largest absolute Gasteiger partial charge is 0.470 e. The van der Waals surface area contributed by atoms with Gasteiger partial charge in [0.25, 0.3) is 0 Å². The van der Waals surface area contributed by atoms with E-state index < -0.39 is 78.0 Å². The number of hydrogen-bond acceptors (Lipinski definition) is 15. The second-order valence-electron chi connectivity index (χ2n) is 10.1. The van der Waals surface area contributed by atoms with Crippen molar-refractivity contribution in [1.29, 1.82) is 0 Å². The van der Waals surface area contributed by atoms with Gasteiger partial charge in [0.15, 0.2) is 18.3 Å². The van der Waals surface area contributed by atoms with Crippen molar-refractivity contribution in [3.05, 3.63) is 108 Å². The van der Waals surface area contributed by atoms with Gasteiger partial charge in [-0.3, -0.25) is 28.2 Å². The molecule has 0 spiro atoms. The molecule has 3 aromatic rings. The van der Waals surface area contributed by atoms with Crippen LogP contribution in [-0.2, 0) is 56.6 Å². The van der Waals surface area contributed by atoms with E-state index in [1.165, 1.54) is 91.0 Å². The zero-order chi connectivity index (χ0) is 37.4. The van der Waals surface area contributed by atoms with Crippen molar-refractivity contribution < 1.29 is 100 Å². The molecular formula is C27H27O21P3. The Morgan fingerprint density at radius 3 is 0.843 bits per heavy atom. The van der Waals surface area contributed by atoms with E-state index in [0.717, 1.165) is 0 Å². The van der Waals surface area contributed by atoms with Gasteiger partial charge in [-0.25, -0.2) is 28.1 Å². The topological polar surface area (TPSA) is 307 Å². The molecule has 1 aliphatic rings. The lowest BCUT2D eigenvalue weighted by Crippen LogP contribution is -2.67. The molecule has 24 heteroatoms. The normalized spacial score (nSPS) is 22.5. The fourth-order valence-electron chi connectivity index (χ4n) is 4.45. The van der Waals surface area contributed by atoms with E-state index in [2.05, 4.69) is 13.6 Å². The molecule has 4 rings (SSSR count). The molecule has 0 heterocycles. The quantitative estimate of drug-likeness (QED) is 0.0729. The smallest absolute Gasteiger partial charge is 0.303 e. The maximum absolute atomic E-state index is 12.8. The summed E-state index contributed by atoms with van der Waals surface area (Å²) in [5.74, 6) is -3.86. The predicted octanol–water partition coefficient (Wildman–Crippen LogP) is 1.91. The van der Waals surface area contributed by atoms with Crippen LogP contribution in [0.4, 0.5) is 0 Å². The Hall–Kier alpha value is -3.72. The molecule has 0 radical (unpaired) electrons. The van der Waals surface area contributed by atoms with Crippen LogP contribution in [0.5, 0.6) is 0 Å². The van der Waals surface area contributed by atoms with E-state index in [0.29, 0.717) is 0 Å². The lowest BCUT2D eigenvalue weighted by molar-refractivity contribution is -0.421. The minimum Gasteiger partial charge on any atom is -0.303 e. The van der Waals surface area contributed by atoms with Crippen LogP contribution >= 0.6 is 23.5 Å². The zero-order valence-corrected chi connectivity index (χ0v) is 28.0. The molecule has 1 saturated carbocycles. The highest BCUT2D eigenvalue weighted by atomic mass is 31.2. The second kappa shape index (κ2) is 17.2. The number of benzene rings is 3. The van der Waals surface area contributed by atoms with Crippen molar-refractivity contribution >= 4 is 41.4 Å². The van der Waals surface area contributed by atoms with Gasteiger partial charge >= 0.3 is 41.4 Å². The van der Waals surface area contributed by atoms with Crippen LogP contribution < -0.4 is 0 Å². The third-order valence-corrected chi connectivity index (χ3v) is 8.01. The van der Waals surface area contributed by atoms with Crippen molar-refractivity contribution in [3.8, 4) is 0 Å². The van der Waals surface area contributed by atoms with Gasteiger partial charge in [-0.15, -0.1) is 0 Å². The van der Waals surface area contributed by atoms with Crippen LogP contribution in [0.25, 0.3) is 0 Å². The van der Waals surface area contributed by atoms with Crippen molar-refractivity contribution in [3.63, 3.8) is 0 Å². The molecule has 2 unspecified atom stereocenters. The number of hydrogen-bond donors (Lipinski definition) is 6. The van der Waals surface area contributed by atoms with Crippen molar-refractivity contribution in [2.45, 2.75) is 36.6 Å². The molecule has 6 N–H and O–H groups in total. The van der Waals surface area contributed by atoms with Gasteiger partial charge in [0, 0.05) is 0 Å². The number of phosphoric ester groups is 3. The molecule has 51 heavy (non-hydrogen) atoms. The first-order valence-electron chi connectivity index (χ1n) is 13.9. The number of carbonyl (C=O) groups excluding carboxylic acids is 3. The van der Waals surface area contributed by atoms with E-state index in [1.54, 1.807) is 0 Å². The van der Waals surface area contributed by atoms with Gasteiger partial charge in [-0.05, 0) is 36.4 Å². The fraction of sp³-hybridized carbons (Fsp3) is 0.222. The van der Waals surface area contributed by atoms with E-state index >= 15 is 0 Å². The highest BCUT2D eigenvalue weighted by Crippen LogP contribution is 2.51. The first-order valence-corrected chi connectivity index (χ1v) is 18.5. The molecule has 276 valence electrons. The van der Waals surface area contributed by atoms with E-state index in [9.17, 15) is 57.4 Å². The average Bonchev–Trinajstić information content (AvgIpc) is 3.07. The highest BCUT2D eigenvalue weighted by Gasteiger charge is 2.62. The Bertz CT molecular complexity index is 1690. The van der Waals surface area contributed by atoms with Crippen molar-refractivity contribution in [2.24, 2.45) is 0 Å². The standard InChI is InChI=1S/C27H27O21P3/c28-25(16-10-4-1-5-11-16)43-40-19-20(41-44-26(29)17-12-6-2-7-13-17)22(46-49(31,32)33)24(48-51(37,38)39)23(47-50(34,35)36)21(19)42-45-27(30)18-14-8-3-9-15-18/h1-15,19-24H,(H2,31,32,33)(H2,34,35,36)(H2,37,38,39)/t19?,20-,21+,22-,23-,24?/m0/s1. The monoisotopic (exact) mass is 780 g/mol. The van der Waals surface area contributed by atoms with Crippen LogP contribution in [0.3, 0.4) is 0 Å². The summed E-state index contributed by atoms with van der Waals surface area (Å²) in [4.78, 5) is 127. The van der Waals surface area contributed by atoms with Crippen LogP contribution in [-0.4, -0.2) is 83.9 Å². The van der Waals surface area contributed by atoms with Gasteiger partial charge in [-0.1, -0.05) is 54.6 Å². The van der Waals surface area contributed by atoms with Crippen LogP contribution in [0.15, 0.2) is 91.0 Å². The third-order valence-electron chi connectivity index (χ3n) is 6.45. The van der Waals surface area contributed by atoms with E-state index in [-0.39, 0.29) is 16.7 Å². The molecule has 3 aromatic carbocycles. The Balaban J connectivity index is 1.84. The first-order chi connectivity index (χ1) is 23.9. The number of rotatable bonds is 15. The Morgan fingerprint density at radius 1 is 0.392 bits per heavy atom. The predicted molar refractivity (Wildman–Crippen MR) is 161 cm³/mol. The van der Waals surface area contributed by atoms with Gasteiger partial charge in [0.1, 0.15) is 18.3 Å². The molecule has 0 aliphatic heterocycles. The number of phosphoric acid groups is 3. The summed E-state index contributed by atoms with van der Waals surface area (Å²) in [7, 11) is -17.6. The molecule has 0 amide bonds. The van der Waals surface area contributed by atoms with Gasteiger partial charge < -0.3 is 29.4 Å². The summed E-state index contributed by atoms with van der Waals surface area (Å²) in [5.41, 5.74) is -0.517. The SMILES string of the molecule is O=C(OOC1[C@@H](OOC(=O)c2ccccc2)[C@H](OP(=O)(O)O)C(OP(=O)(O)O)[C@@H](OP(=O)(O)O)[C@H]1OOC(=O)c1ccccc1)c1ccccc1. The molecular weight excluding hydrogens is 753 g/mol. The zero-order valence-electron chi connectivity index (χ0n) is 25.3. The summed E-state index contributed by atoms with van der Waals surface area (Å²) >= 11 is 0. The van der Waals surface area contributed by atoms with E-state index in [1.807, 2.05) is 0 Å². The van der Waals surface area contributed by atoms with Gasteiger partial charge in [0.05, 0.1) is 16.7 Å². The molecule has 0 aromatic heterocycles. The Kier molecular flexibility index (Phi) is 13.5. The molecule has 6 atom stereocenters. The highest BCUT2D eigenvalue weighted by molar-refractivity contribution is 7.47. The fourth-order valence-corrected chi connectivity index (χ4v) is 6.12. The average molecular weight is 780 g/mol. The summed E-state index contributed by atoms with van der Waals surface area (Å²) in [5, 5.41) is 0. The molecule has 1 aliphatic carbocycles. The van der Waals surface area contributed by atoms with Crippen LogP contribution in [0.1, 0.15) is 31.1 Å². The van der Waals surface area contributed by atoms with Crippen LogP contribution in [0.2, 0.25) is 0 Å². The summed E-state index contributed by atoms with van der Waals surface area (Å²) in [6.07, 6.45) is -15.7. The first kappa shape index (κ1) is 40.1. The second-order valence-corrected chi connectivity index (χ2v) is 13.7. The molecule has 0 saturated heterocycles. The maximum Gasteiger partial charge on any atom is 0.470 e. The minimum atomic E-state index is -5.87. The van der Waals surface area contributed by atoms with Gasteiger partial charge in [-0.2, -0.15) is 14.7 Å². The molecule has 1 fully saturated rings. The molecule has 0 bridgehead atoms. The third kappa shape index (κ3) is 12.2. The van der Waals surface area contributed by atoms with E-state index in [4.69, 9.17) is 29.3 Å². The Morgan fingerprint density at radius 2 is 0.608 bits per heavy atom. The van der Waals surface area contributed by atoms with Crippen molar-refractivity contribution in [1.82, 2.24) is 0 Å². The summed E-state index contributed by atoms with van der Waals surface area (Å²) in [6.45, 7) is 0. The molecule has 21 nitrogen and oxygen atoms in total. The summed E-state index contributed by atoms with van der Waals surface area (Å²) < 4.78 is 50.4. The Labute approximate surface area is 286 Å². The lowest BCUT2D eigenvalue weighted by Gasteiger charge is -2.46. The minimum absolute atomic E-state index is 0.164.